The van der Waals surface area contributed by atoms with E-state index in [-0.39, 0.29) is 40.8 Å². The number of alkyl carbamates (subject to hydrolysis) is 2. The number of ether oxygens (including phenoxy) is 2. The molecule has 0 saturated carbocycles. The highest BCUT2D eigenvalue weighted by atomic mass is 16.5. The Hall–Kier alpha value is -5.67. The van der Waals surface area contributed by atoms with E-state index < -0.39 is 24.0 Å². The van der Waals surface area contributed by atoms with Gasteiger partial charge in [0.1, 0.15) is 6.61 Å². The van der Waals surface area contributed by atoms with E-state index in [2.05, 4.69) is 54.7 Å². The molecule has 16 nitrogen and oxygen atoms in total. The summed E-state index contributed by atoms with van der Waals surface area (Å²) in [6.07, 6.45) is 1.70. The van der Waals surface area contributed by atoms with Crippen LogP contribution in [0.3, 0.4) is 0 Å². The predicted molar refractivity (Wildman–Crippen MR) is 200 cm³/mol. The number of nitrogens with one attached hydrogen (secondary N) is 5. The number of carbonyl (C=O) groups excluding carboxylic acids is 4. The molecule has 1 heterocycles. The number of H-pyrrole nitrogens is 1. The van der Waals surface area contributed by atoms with Gasteiger partial charge in [-0.05, 0) is 81.7 Å². The summed E-state index contributed by atoms with van der Waals surface area (Å²) in [5.74, 6) is -0.267. The quantitative estimate of drug-likeness (QED) is 0.143. The van der Waals surface area contributed by atoms with Crippen molar-refractivity contribution in [3.8, 4) is 0 Å². The number of likely N-dealkylation sites (N-methyl/N-ethyl adjacent to an activating group) is 1. The standard InChI is InChI=1S/C36H51N9O7/c1-9-45(25-10-11-26(22(3)16-25)41-27-18-28(42-35(50)51-8)31(47)30(37)24(27)5)14-15-52-34(49)38-13-12-36(6,7)19-21(2)20-39-33(48)44-32-40-23(4)17-29(46)43-32/h10-11,16-18,21H,9,12-15,19-20,37H2,1-8H3,(H,38,49)(H,42,50)(H3,39,40,43,44,46,48). The molecule has 0 saturated heterocycles. The number of aryl methyl sites for hydroxylation is 2. The minimum atomic E-state index is -0.786. The number of ketones is 1. The van der Waals surface area contributed by atoms with Gasteiger partial charge in [-0.25, -0.2) is 24.4 Å². The number of allylic oxidation sites excluding steroid dienone is 2. The van der Waals surface area contributed by atoms with Crippen LogP contribution in [0, 0.1) is 25.2 Å². The molecule has 282 valence electrons. The molecular formula is C36H51N9O7. The lowest BCUT2D eigenvalue weighted by atomic mass is 9.80. The molecule has 1 aliphatic rings. The zero-order valence-electron chi connectivity index (χ0n) is 31.2. The van der Waals surface area contributed by atoms with E-state index in [4.69, 9.17) is 15.5 Å². The van der Waals surface area contributed by atoms with Gasteiger partial charge in [0.15, 0.2) is 0 Å². The largest absolute Gasteiger partial charge is 0.453 e. The Morgan fingerprint density at radius 1 is 1.08 bits per heavy atom. The van der Waals surface area contributed by atoms with Crippen LogP contribution in [0.2, 0.25) is 0 Å². The van der Waals surface area contributed by atoms with E-state index in [1.807, 2.05) is 39.0 Å². The molecule has 1 aromatic heterocycles. The second-order valence-corrected chi connectivity index (χ2v) is 13.4. The molecule has 0 fully saturated rings. The third-order valence-corrected chi connectivity index (χ3v) is 8.43. The number of anilines is 2. The fraction of sp³-hybridized carbons (Fsp3) is 0.472. The van der Waals surface area contributed by atoms with Crippen molar-refractivity contribution in [2.45, 2.75) is 61.3 Å². The van der Waals surface area contributed by atoms with Gasteiger partial charge in [0, 0.05) is 42.7 Å². The van der Waals surface area contributed by atoms with Gasteiger partial charge in [-0.2, -0.15) is 0 Å². The maximum Gasteiger partial charge on any atom is 0.411 e. The Morgan fingerprint density at radius 3 is 2.46 bits per heavy atom. The number of methoxy groups -OCH3 is 1. The maximum absolute atomic E-state index is 12.5. The summed E-state index contributed by atoms with van der Waals surface area (Å²) >= 11 is 0. The molecule has 1 atom stereocenters. The first-order valence-corrected chi connectivity index (χ1v) is 17.1. The Kier molecular flexibility index (Phi) is 14.5. The van der Waals surface area contributed by atoms with Crippen LogP contribution < -0.4 is 37.5 Å². The molecule has 0 spiro atoms. The molecule has 2 aromatic rings. The number of benzene rings is 1. The summed E-state index contributed by atoms with van der Waals surface area (Å²) in [4.78, 5) is 73.9. The number of amides is 4. The van der Waals surface area contributed by atoms with Crippen molar-refractivity contribution in [2.24, 2.45) is 22.1 Å². The van der Waals surface area contributed by atoms with Crippen LogP contribution >= 0.6 is 0 Å². The molecule has 1 aromatic carbocycles. The smallest absolute Gasteiger partial charge is 0.411 e. The lowest BCUT2D eigenvalue weighted by Gasteiger charge is -2.28. The molecule has 1 unspecified atom stereocenters. The average Bonchev–Trinajstić information content (AvgIpc) is 3.06. The van der Waals surface area contributed by atoms with Gasteiger partial charge in [0.2, 0.25) is 11.7 Å². The molecule has 3 rings (SSSR count). The number of hydrogen-bond acceptors (Lipinski definition) is 11. The lowest BCUT2D eigenvalue weighted by Crippen LogP contribution is -2.35. The van der Waals surface area contributed by atoms with Crippen molar-refractivity contribution in [2.75, 3.05) is 50.1 Å². The van der Waals surface area contributed by atoms with Crippen LogP contribution in [0.25, 0.3) is 0 Å². The number of nitrogens with two attached hydrogens (primary N) is 1. The van der Waals surface area contributed by atoms with Crippen molar-refractivity contribution in [3.05, 3.63) is 68.9 Å². The van der Waals surface area contributed by atoms with Crippen LogP contribution in [-0.2, 0) is 14.3 Å². The van der Waals surface area contributed by atoms with Gasteiger partial charge in [-0.1, -0.05) is 20.8 Å². The zero-order chi connectivity index (χ0) is 38.6. The van der Waals surface area contributed by atoms with Gasteiger partial charge in [-0.3, -0.25) is 25.2 Å². The molecule has 1 aliphatic carbocycles. The Morgan fingerprint density at radius 2 is 1.81 bits per heavy atom. The van der Waals surface area contributed by atoms with Crippen LogP contribution in [0.5, 0.6) is 0 Å². The van der Waals surface area contributed by atoms with Crippen molar-refractivity contribution in [1.82, 2.24) is 25.9 Å². The Bertz CT molecular complexity index is 1800. The summed E-state index contributed by atoms with van der Waals surface area (Å²) in [5, 5.41) is 10.6. The molecule has 52 heavy (non-hydrogen) atoms. The fourth-order valence-electron chi connectivity index (χ4n) is 5.67. The van der Waals surface area contributed by atoms with E-state index in [1.54, 1.807) is 13.8 Å². The van der Waals surface area contributed by atoms with Crippen LogP contribution in [0.4, 0.5) is 31.7 Å². The average molecular weight is 722 g/mol. The third-order valence-electron chi connectivity index (χ3n) is 8.43. The van der Waals surface area contributed by atoms with Crippen LogP contribution in [0.15, 0.2) is 57.1 Å². The van der Waals surface area contributed by atoms with Crippen molar-refractivity contribution < 1.29 is 28.7 Å². The number of Topliss-reactive ketones (excluding diaryl/α,β-unsaturated/α-hetero) is 1. The number of urea groups is 1. The molecule has 4 amide bonds. The summed E-state index contributed by atoms with van der Waals surface area (Å²) < 4.78 is 10.1. The molecular weight excluding hydrogens is 670 g/mol. The summed E-state index contributed by atoms with van der Waals surface area (Å²) in [6.45, 7) is 15.7. The van der Waals surface area contributed by atoms with Gasteiger partial charge in [0.05, 0.1) is 36.4 Å². The Labute approximate surface area is 303 Å². The van der Waals surface area contributed by atoms with Crippen LogP contribution in [-0.4, -0.2) is 79.6 Å². The summed E-state index contributed by atoms with van der Waals surface area (Å²) in [6, 6.07) is 6.63. The molecule has 7 N–H and O–H groups in total. The first kappa shape index (κ1) is 40.8. The highest BCUT2D eigenvalue weighted by molar-refractivity contribution is 6.24. The zero-order valence-corrected chi connectivity index (χ0v) is 31.2. The number of aromatic amines is 1. The maximum atomic E-state index is 12.5. The van der Waals surface area contributed by atoms with E-state index in [0.29, 0.717) is 55.3 Å². The normalized spacial score (nSPS) is 14.3. The summed E-state index contributed by atoms with van der Waals surface area (Å²) in [7, 11) is 1.20. The number of carbonyl (C=O) groups is 4. The van der Waals surface area contributed by atoms with E-state index in [1.165, 1.54) is 19.3 Å². The highest BCUT2D eigenvalue weighted by Crippen LogP contribution is 2.29. The van der Waals surface area contributed by atoms with Gasteiger partial charge in [0.25, 0.3) is 5.56 Å². The van der Waals surface area contributed by atoms with Gasteiger partial charge < -0.3 is 30.7 Å². The van der Waals surface area contributed by atoms with E-state index in [0.717, 1.165) is 17.7 Å². The predicted octanol–water partition coefficient (Wildman–Crippen LogP) is 4.33. The van der Waals surface area contributed by atoms with Crippen molar-refractivity contribution >= 4 is 47.0 Å². The second kappa shape index (κ2) is 18.5. The SMILES string of the molecule is CCN(CCOC(=O)NCCC(C)(C)CC(C)CNC(=O)Nc1nc(C)cc(=O)[nH]1)c1ccc(N=C2C=C(NC(=O)OC)C(=O)C(N)=C2C)c(C)c1. The minimum absolute atomic E-state index is 0.00789. The topological polar surface area (TPSA) is 222 Å². The first-order chi connectivity index (χ1) is 24.5. The minimum Gasteiger partial charge on any atom is -0.453 e. The first-order valence-electron chi connectivity index (χ1n) is 17.1. The monoisotopic (exact) mass is 721 g/mol. The number of aliphatic imine (C=N–C) groups is 1. The number of hydrogen-bond donors (Lipinski definition) is 6. The highest BCUT2D eigenvalue weighted by Gasteiger charge is 2.25. The van der Waals surface area contributed by atoms with E-state index in [9.17, 15) is 24.0 Å². The summed E-state index contributed by atoms with van der Waals surface area (Å²) in [5.41, 5.74) is 9.43. The number of aromatic nitrogens is 2. The van der Waals surface area contributed by atoms with Crippen molar-refractivity contribution in [3.63, 3.8) is 0 Å². The number of nitrogens with zero attached hydrogens (tertiary/aromatic N) is 3. The van der Waals surface area contributed by atoms with E-state index >= 15 is 0 Å². The molecule has 0 radical (unpaired) electrons. The molecule has 16 heteroatoms. The van der Waals surface area contributed by atoms with Gasteiger partial charge in [-0.15, -0.1) is 0 Å². The van der Waals surface area contributed by atoms with Crippen molar-refractivity contribution in [1.29, 1.82) is 0 Å². The molecule has 0 aliphatic heterocycles. The number of rotatable bonds is 15. The Balaban J connectivity index is 1.44. The lowest BCUT2D eigenvalue weighted by molar-refractivity contribution is -0.112. The second-order valence-electron chi connectivity index (χ2n) is 13.4. The fourth-order valence-corrected chi connectivity index (χ4v) is 5.67. The third kappa shape index (κ3) is 12.3. The van der Waals surface area contributed by atoms with Crippen LogP contribution in [0.1, 0.15) is 58.7 Å². The molecule has 0 bridgehead atoms. The van der Waals surface area contributed by atoms with Gasteiger partial charge >= 0.3 is 18.2 Å².